The summed E-state index contributed by atoms with van der Waals surface area (Å²) in [5, 5.41) is 5.90. The maximum atomic E-state index is 12.7. The van der Waals surface area contributed by atoms with Gasteiger partial charge in [0, 0.05) is 17.1 Å². The molecule has 1 amide bonds. The van der Waals surface area contributed by atoms with Crippen LogP contribution in [0.25, 0.3) is 0 Å². The number of esters is 1. The van der Waals surface area contributed by atoms with Crippen molar-refractivity contribution in [3.05, 3.63) is 76.6 Å². The summed E-state index contributed by atoms with van der Waals surface area (Å²) in [7, 11) is 1.31. The van der Waals surface area contributed by atoms with Gasteiger partial charge in [-0.1, -0.05) is 12.1 Å². The molecule has 0 aliphatic rings. The number of methoxy groups -OCH3 is 1. The maximum Gasteiger partial charge on any atom is 0.337 e. The number of ether oxygens (including phenoxy) is 1. The molecule has 0 radical (unpaired) electrons. The van der Waals surface area contributed by atoms with Crippen molar-refractivity contribution in [3.8, 4) is 0 Å². The molecule has 3 rings (SSSR count). The fourth-order valence-electron chi connectivity index (χ4n) is 2.95. The molecule has 7 heteroatoms. The summed E-state index contributed by atoms with van der Waals surface area (Å²) in [5.74, 6) is -0.539. The van der Waals surface area contributed by atoms with E-state index < -0.39 is 11.9 Å². The van der Waals surface area contributed by atoms with Crippen LogP contribution in [0.1, 0.15) is 37.7 Å². The van der Waals surface area contributed by atoms with E-state index in [1.54, 1.807) is 37.3 Å². The van der Waals surface area contributed by atoms with Gasteiger partial charge >= 0.3 is 5.97 Å². The van der Waals surface area contributed by atoms with Crippen molar-refractivity contribution in [3.63, 3.8) is 0 Å². The number of nitrogens with one attached hydrogen (secondary N) is 2. The first-order valence-corrected chi connectivity index (χ1v) is 9.05. The Balaban J connectivity index is 1.82. The molecule has 0 fully saturated rings. The molecule has 0 atom stereocenters. The maximum absolute atomic E-state index is 12.7. The summed E-state index contributed by atoms with van der Waals surface area (Å²) >= 11 is 0. The van der Waals surface area contributed by atoms with Crippen molar-refractivity contribution in [2.75, 3.05) is 17.7 Å². The third kappa shape index (κ3) is 5.16. The second kappa shape index (κ2) is 8.52. The molecule has 0 saturated carbocycles. The van der Waals surface area contributed by atoms with Gasteiger partial charge in [-0.2, -0.15) is 0 Å². The van der Waals surface area contributed by atoms with Crippen LogP contribution >= 0.6 is 0 Å². The minimum atomic E-state index is -0.473. The fourth-order valence-corrected chi connectivity index (χ4v) is 2.95. The standard InChI is InChI=1S/C22H22N4O3/c1-13-8-14(2)10-18(9-13)25-22-23-15(3)11-19(26-22)20(27)24-17-7-5-6-16(12-17)21(28)29-4/h5-12H,1-4H3,(H,24,27)(H,23,25,26). The van der Waals surface area contributed by atoms with Crippen LogP contribution in [-0.4, -0.2) is 29.0 Å². The first-order valence-electron chi connectivity index (χ1n) is 9.05. The second-order valence-electron chi connectivity index (χ2n) is 6.75. The molecular formula is C22H22N4O3. The van der Waals surface area contributed by atoms with Gasteiger partial charge in [0.25, 0.3) is 5.91 Å². The molecule has 148 valence electrons. The van der Waals surface area contributed by atoms with E-state index in [2.05, 4.69) is 26.7 Å². The molecule has 2 aromatic carbocycles. The lowest BCUT2D eigenvalue weighted by Crippen LogP contribution is -2.16. The van der Waals surface area contributed by atoms with E-state index in [-0.39, 0.29) is 5.69 Å². The topological polar surface area (TPSA) is 93.2 Å². The molecule has 29 heavy (non-hydrogen) atoms. The molecule has 2 N–H and O–H groups in total. The SMILES string of the molecule is COC(=O)c1cccc(NC(=O)c2cc(C)nc(Nc3cc(C)cc(C)c3)n2)c1. The minimum absolute atomic E-state index is 0.216. The number of anilines is 3. The zero-order chi connectivity index (χ0) is 21.0. The van der Waals surface area contributed by atoms with Crippen LogP contribution in [0.2, 0.25) is 0 Å². The first-order chi connectivity index (χ1) is 13.8. The number of benzene rings is 2. The number of carbonyl (C=O) groups is 2. The van der Waals surface area contributed by atoms with Crippen LogP contribution in [0.3, 0.4) is 0 Å². The van der Waals surface area contributed by atoms with E-state index in [9.17, 15) is 9.59 Å². The van der Waals surface area contributed by atoms with Gasteiger partial charge < -0.3 is 15.4 Å². The molecule has 0 spiro atoms. The summed E-state index contributed by atoms with van der Waals surface area (Å²) in [6, 6.07) is 14.2. The summed E-state index contributed by atoms with van der Waals surface area (Å²) in [6.45, 7) is 5.82. The number of aryl methyl sites for hydroxylation is 3. The van der Waals surface area contributed by atoms with E-state index in [0.717, 1.165) is 16.8 Å². The van der Waals surface area contributed by atoms with Gasteiger partial charge in [0.1, 0.15) is 5.69 Å². The number of rotatable bonds is 5. The van der Waals surface area contributed by atoms with Crippen molar-refractivity contribution >= 4 is 29.2 Å². The molecule has 0 aliphatic carbocycles. The smallest absolute Gasteiger partial charge is 0.337 e. The Morgan fingerprint density at radius 2 is 1.62 bits per heavy atom. The van der Waals surface area contributed by atoms with Crippen LogP contribution in [0, 0.1) is 20.8 Å². The van der Waals surface area contributed by atoms with Gasteiger partial charge in [-0.3, -0.25) is 4.79 Å². The average Bonchev–Trinajstić information content (AvgIpc) is 2.66. The number of hydrogen-bond acceptors (Lipinski definition) is 6. The molecule has 1 heterocycles. The highest BCUT2D eigenvalue weighted by Gasteiger charge is 2.13. The van der Waals surface area contributed by atoms with Crippen molar-refractivity contribution in [2.24, 2.45) is 0 Å². The molecular weight excluding hydrogens is 368 g/mol. The van der Waals surface area contributed by atoms with E-state index in [1.807, 2.05) is 26.0 Å². The quantitative estimate of drug-likeness (QED) is 0.635. The zero-order valence-corrected chi connectivity index (χ0v) is 16.7. The predicted molar refractivity (Wildman–Crippen MR) is 112 cm³/mol. The molecule has 3 aromatic rings. The highest BCUT2D eigenvalue weighted by molar-refractivity contribution is 6.03. The number of aromatic nitrogens is 2. The highest BCUT2D eigenvalue weighted by Crippen LogP contribution is 2.19. The number of amides is 1. The predicted octanol–water partition coefficient (Wildman–Crippen LogP) is 4.18. The third-order valence-electron chi connectivity index (χ3n) is 4.11. The highest BCUT2D eigenvalue weighted by atomic mass is 16.5. The molecule has 0 unspecified atom stereocenters. The summed E-state index contributed by atoms with van der Waals surface area (Å²) in [4.78, 5) is 33.0. The molecule has 0 saturated heterocycles. The van der Waals surface area contributed by atoms with Gasteiger partial charge in [0.2, 0.25) is 5.95 Å². The van der Waals surface area contributed by atoms with Crippen molar-refractivity contribution in [1.29, 1.82) is 0 Å². The van der Waals surface area contributed by atoms with Crippen LogP contribution in [0.5, 0.6) is 0 Å². The summed E-state index contributed by atoms with van der Waals surface area (Å²) < 4.78 is 4.71. The molecule has 1 aromatic heterocycles. The summed E-state index contributed by atoms with van der Waals surface area (Å²) in [6.07, 6.45) is 0. The Bertz CT molecular complexity index is 1060. The van der Waals surface area contributed by atoms with Gasteiger partial charge in [-0.05, 0) is 68.3 Å². The average molecular weight is 390 g/mol. The summed E-state index contributed by atoms with van der Waals surface area (Å²) in [5.41, 5.74) is 4.77. The van der Waals surface area contributed by atoms with Crippen LogP contribution in [0.4, 0.5) is 17.3 Å². The van der Waals surface area contributed by atoms with Crippen LogP contribution < -0.4 is 10.6 Å². The first kappa shape index (κ1) is 20.0. The van der Waals surface area contributed by atoms with Crippen molar-refractivity contribution in [2.45, 2.75) is 20.8 Å². The molecule has 7 nitrogen and oxygen atoms in total. The molecule has 0 aliphatic heterocycles. The van der Waals surface area contributed by atoms with Crippen LogP contribution in [0.15, 0.2) is 48.5 Å². The normalized spacial score (nSPS) is 10.3. The lowest BCUT2D eigenvalue weighted by molar-refractivity contribution is 0.0600. The monoisotopic (exact) mass is 390 g/mol. The fraction of sp³-hybridized carbons (Fsp3) is 0.182. The number of hydrogen-bond donors (Lipinski definition) is 2. The van der Waals surface area contributed by atoms with Crippen molar-refractivity contribution in [1.82, 2.24) is 9.97 Å². The Labute approximate surface area is 169 Å². The van der Waals surface area contributed by atoms with Crippen molar-refractivity contribution < 1.29 is 14.3 Å². The number of nitrogens with zero attached hydrogens (tertiary/aromatic N) is 2. The van der Waals surface area contributed by atoms with E-state index in [1.165, 1.54) is 7.11 Å². The third-order valence-corrected chi connectivity index (χ3v) is 4.11. The van der Waals surface area contributed by atoms with E-state index >= 15 is 0 Å². The second-order valence-corrected chi connectivity index (χ2v) is 6.75. The van der Waals surface area contributed by atoms with Gasteiger partial charge in [0.05, 0.1) is 12.7 Å². The Hall–Kier alpha value is -3.74. The largest absolute Gasteiger partial charge is 0.465 e. The zero-order valence-electron chi connectivity index (χ0n) is 16.7. The van der Waals surface area contributed by atoms with E-state index in [0.29, 0.717) is 22.9 Å². The lowest BCUT2D eigenvalue weighted by atomic mass is 10.1. The van der Waals surface area contributed by atoms with Gasteiger partial charge in [-0.15, -0.1) is 0 Å². The Morgan fingerprint density at radius 1 is 0.897 bits per heavy atom. The van der Waals surface area contributed by atoms with E-state index in [4.69, 9.17) is 4.74 Å². The number of carbonyl (C=O) groups excluding carboxylic acids is 2. The van der Waals surface area contributed by atoms with Gasteiger partial charge in [-0.25, -0.2) is 14.8 Å². The minimum Gasteiger partial charge on any atom is -0.465 e. The van der Waals surface area contributed by atoms with Crippen LogP contribution in [-0.2, 0) is 4.74 Å². The lowest BCUT2D eigenvalue weighted by Gasteiger charge is -2.10. The van der Waals surface area contributed by atoms with Gasteiger partial charge in [0.15, 0.2) is 0 Å². The molecule has 0 bridgehead atoms. The Kier molecular flexibility index (Phi) is 5.87. The Morgan fingerprint density at radius 3 is 2.31 bits per heavy atom.